The second-order valence-corrected chi connectivity index (χ2v) is 18.4. The molecule has 0 bridgehead atoms. The van der Waals surface area contributed by atoms with Crippen LogP contribution in [0.4, 0.5) is 4.79 Å². The predicted octanol–water partition coefficient (Wildman–Crippen LogP) is 4.58. The third kappa shape index (κ3) is 9.79. The summed E-state index contributed by atoms with van der Waals surface area (Å²) in [7, 11) is 0. The van der Waals surface area contributed by atoms with Crippen molar-refractivity contribution in [3.63, 3.8) is 0 Å². The molecule has 10 nitrogen and oxygen atoms in total. The zero-order valence-electron chi connectivity index (χ0n) is 30.4. The van der Waals surface area contributed by atoms with E-state index >= 15 is 0 Å². The van der Waals surface area contributed by atoms with Gasteiger partial charge in [-0.25, -0.2) is 4.79 Å². The van der Waals surface area contributed by atoms with Crippen LogP contribution in [-0.4, -0.2) is 81.7 Å². The molecule has 11 heteroatoms. The van der Waals surface area contributed by atoms with Crippen molar-refractivity contribution in [3.05, 3.63) is 12.7 Å². The quantitative estimate of drug-likeness (QED) is 0.120. The van der Waals surface area contributed by atoms with Gasteiger partial charge in [0.1, 0.15) is 12.1 Å². The van der Waals surface area contributed by atoms with E-state index in [9.17, 15) is 24.0 Å². The fourth-order valence-electron chi connectivity index (χ4n) is 7.42. The van der Waals surface area contributed by atoms with E-state index in [1.165, 1.54) is 6.08 Å². The minimum atomic E-state index is -1.14. The van der Waals surface area contributed by atoms with Gasteiger partial charge in [0, 0.05) is 29.8 Å². The summed E-state index contributed by atoms with van der Waals surface area (Å²) in [5.74, 6) is 0.893. The Morgan fingerprint density at radius 3 is 2.25 bits per heavy atom. The molecule has 3 aliphatic rings. The SMILES string of the molecule is C#CCCC(NC(=O)[C@@H]1[C@@H]2[C@H](CN1C(=O)[C@@H](NC(=O)NC1(CCSC(C)(C)C)CCCCC1)C(C)(C)C)C2(C)C)C(=O)C(=O)NCC=C. The number of amides is 5. The largest absolute Gasteiger partial charge is 0.346 e. The summed E-state index contributed by atoms with van der Waals surface area (Å²) < 4.78 is 0.127. The minimum absolute atomic E-state index is 0.0864. The van der Waals surface area contributed by atoms with Crippen LogP contribution in [0.2, 0.25) is 0 Å². The van der Waals surface area contributed by atoms with Gasteiger partial charge in [0.25, 0.3) is 5.91 Å². The van der Waals surface area contributed by atoms with Gasteiger partial charge in [0.15, 0.2) is 0 Å². The highest BCUT2D eigenvalue weighted by Crippen LogP contribution is 2.65. The van der Waals surface area contributed by atoms with Gasteiger partial charge in [-0.3, -0.25) is 19.2 Å². The average molecular weight is 686 g/mol. The van der Waals surface area contributed by atoms with Crippen molar-refractivity contribution < 1.29 is 24.0 Å². The number of urea groups is 1. The van der Waals surface area contributed by atoms with E-state index in [-0.39, 0.29) is 58.9 Å². The van der Waals surface area contributed by atoms with E-state index in [4.69, 9.17) is 6.42 Å². The Hall–Kier alpha value is -3.00. The van der Waals surface area contributed by atoms with Crippen LogP contribution in [0.25, 0.3) is 0 Å². The Kier molecular flexibility index (Phi) is 12.9. The molecular formula is C37H59N5O5S. The molecule has 1 heterocycles. The monoisotopic (exact) mass is 685 g/mol. The number of nitrogens with one attached hydrogen (secondary N) is 4. The number of nitrogens with zero attached hydrogens (tertiary/aromatic N) is 1. The number of likely N-dealkylation sites (tertiary alicyclic amines) is 1. The Bertz CT molecular complexity index is 1270. The highest BCUT2D eigenvalue weighted by molar-refractivity contribution is 8.00. The first-order valence-electron chi connectivity index (χ1n) is 17.5. The maximum atomic E-state index is 14.4. The topological polar surface area (TPSA) is 137 Å². The Morgan fingerprint density at radius 2 is 1.69 bits per heavy atom. The van der Waals surface area contributed by atoms with Crippen molar-refractivity contribution in [2.24, 2.45) is 22.7 Å². The van der Waals surface area contributed by atoms with Gasteiger partial charge >= 0.3 is 6.03 Å². The van der Waals surface area contributed by atoms with Crippen LogP contribution in [0.15, 0.2) is 12.7 Å². The summed E-state index contributed by atoms with van der Waals surface area (Å²) in [6, 6.07) is -3.27. The van der Waals surface area contributed by atoms with E-state index in [0.717, 1.165) is 44.3 Å². The maximum Gasteiger partial charge on any atom is 0.315 e. The van der Waals surface area contributed by atoms with Crippen molar-refractivity contribution in [2.45, 2.75) is 135 Å². The van der Waals surface area contributed by atoms with E-state index < -0.39 is 41.1 Å². The van der Waals surface area contributed by atoms with Crippen LogP contribution >= 0.6 is 11.8 Å². The minimum Gasteiger partial charge on any atom is -0.346 e. The van der Waals surface area contributed by atoms with Gasteiger partial charge in [-0.1, -0.05) is 80.7 Å². The lowest BCUT2D eigenvalue weighted by atomic mass is 9.79. The number of piperidine rings is 1. The predicted molar refractivity (Wildman–Crippen MR) is 192 cm³/mol. The third-order valence-electron chi connectivity index (χ3n) is 10.3. The number of fused-ring (bicyclic) bond motifs is 1. The number of Topliss-reactive ketones (excluding diaryl/α,β-unsaturated/α-hetero) is 1. The molecule has 0 radical (unpaired) electrons. The van der Waals surface area contributed by atoms with Crippen LogP contribution < -0.4 is 21.3 Å². The molecule has 1 saturated heterocycles. The number of ketones is 1. The second kappa shape index (κ2) is 15.7. The maximum absolute atomic E-state index is 14.4. The van der Waals surface area contributed by atoms with Crippen molar-refractivity contribution in [3.8, 4) is 12.3 Å². The van der Waals surface area contributed by atoms with Crippen LogP contribution in [0.3, 0.4) is 0 Å². The number of hydrogen-bond acceptors (Lipinski definition) is 6. The van der Waals surface area contributed by atoms with Gasteiger partial charge < -0.3 is 26.2 Å². The first-order chi connectivity index (χ1) is 22.3. The molecule has 0 aromatic heterocycles. The summed E-state index contributed by atoms with van der Waals surface area (Å²) in [5.41, 5.74) is -1.17. The average Bonchev–Trinajstić information content (AvgIpc) is 3.30. The summed E-state index contributed by atoms with van der Waals surface area (Å²) in [6.45, 7) is 20.4. The van der Waals surface area contributed by atoms with E-state index in [2.05, 4.69) is 68.4 Å². The zero-order chi connectivity index (χ0) is 36.1. The molecule has 1 aliphatic heterocycles. The van der Waals surface area contributed by atoms with Crippen LogP contribution in [0.5, 0.6) is 0 Å². The first kappa shape index (κ1) is 39.4. The highest BCUT2D eigenvalue weighted by Gasteiger charge is 2.70. The number of carbonyl (C=O) groups excluding carboxylic acids is 5. The molecule has 4 N–H and O–H groups in total. The zero-order valence-corrected chi connectivity index (χ0v) is 31.2. The van der Waals surface area contributed by atoms with Gasteiger partial charge in [-0.05, 0) is 54.1 Å². The molecule has 1 unspecified atom stereocenters. The van der Waals surface area contributed by atoms with Crippen molar-refractivity contribution in [1.82, 2.24) is 26.2 Å². The summed E-state index contributed by atoms with van der Waals surface area (Å²) in [4.78, 5) is 69.3. The summed E-state index contributed by atoms with van der Waals surface area (Å²) in [6.07, 6.45) is 13.1. The van der Waals surface area contributed by atoms with Crippen LogP contribution in [0, 0.1) is 35.0 Å². The number of hydrogen-bond donors (Lipinski definition) is 4. The number of carbonyl (C=O) groups is 5. The van der Waals surface area contributed by atoms with Gasteiger partial charge in [0.2, 0.25) is 17.6 Å². The van der Waals surface area contributed by atoms with E-state index in [1.807, 2.05) is 32.5 Å². The molecule has 0 aromatic rings. The fraction of sp³-hybridized carbons (Fsp3) is 0.757. The summed E-state index contributed by atoms with van der Waals surface area (Å²) >= 11 is 1.89. The van der Waals surface area contributed by atoms with Crippen molar-refractivity contribution in [1.29, 1.82) is 0 Å². The van der Waals surface area contributed by atoms with Crippen molar-refractivity contribution >= 4 is 41.3 Å². The first-order valence-corrected chi connectivity index (χ1v) is 18.5. The Balaban J connectivity index is 1.81. The van der Waals surface area contributed by atoms with E-state index in [0.29, 0.717) is 6.54 Å². The molecule has 0 spiro atoms. The molecule has 0 aromatic carbocycles. The molecule has 2 aliphatic carbocycles. The third-order valence-corrected chi connectivity index (χ3v) is 11.6. The number of thioether (sulfide) groups is 1. The fourth-order valence-corrected chi connectivity index (χ4v) is 8.52. The normalized spacial score (nSPS) is 23.8. The summed E-state index contributed by atoms with van der Waals surface area (Å²) in [5, 5.41) is 11.6. The van der Waals surface area contributed by atoms with E-state index in [1.54, 1.807) is 4.90 Å². The number of terminal acetylenes is 1. The molecule has 48 heavy (non-hydrogen) atoms. The smallest absolute Gasteiger partial charge is 0.315 e. The van der Waals surface area contributed by atoms with Gasteiger partial charge in [-0.2, -0.15) is 11.8 Å². The molecule has 3 rings (SSSR count). The van der Waals surface area contributed by atoms with Gasteiger partial charge in [0.05, 0.1) is 6.04 Å². The molecule has 5 amide bonds. The van der Waals surface area contributed by atoms with Crippen molar-refractivity contribution in [2.75, 3.05) is 18.8 Å². The second-order valence-electron chi connectivity index (χ2n) is 16.5. The molecule has 5 atom stereocenters. The standard InChI is InChI=1S/C37H59N5O5S/c1-11-13-17-25(28(43)31(45)38-21-12-2)39-30(44)27-26-24(36(26,9)10)23-42(27)32(46)29(34(3,4)5)40-33(47)41-37(18-15-14-16-19-37)20-22-48-35(6,7)8/h1,12,24-27,29H,2,13-23H2,3-10H3,(H,38,45)(H,39,44)(H2,40,41,47)/t24-,25?,26-,27-,29+/m0/s1. The molecule has 268 valence electrons. The van der Waals surface area contributed by atoms with Crippen LogP contribution in [-0.2, 0) is 19.2 Å². The lowest BCUT2D eigenvalue weighted by Gasteiger charge is -2.41. The lowest BCUT2D eigenvalue weighted by molar-refractivity contribution is -0.145. The molecular weight excluding hydrogens is 627 g/mol. The molecule has 3 fully saturated rings. The Morgan fingerprint density at radius 1 is 1.04 bits per heavy atom. The number of rotatable bonds is 14. The Labute approximate surface area is 292 Å². The highest BCUT2D eigenvalue weighted by atomic mass is 32.2. The van der Waals surface area contributed by atoms with Crippen LogP contribution in [0.1, 0.15) is 107 Å². The van der Waals surface area contributed by atoms with Gasteiger partial charge in [-0.15, -0.1) is 18.9 Å². The lowest BCUT2D eigenvalue weighted by Crippen LogP contribution is -2.63. The molecule has 2 saturated carbocycles.